The van der Waals surface area contributed by atoms with E-state index in [0.717, 1.165) is 25.9 Å². The molecule has 4 rings (SSSR count). The third kappa shape index (κ3) is 3.61. The van der Waals surface area contributed by atoms with E-state index in [1.165, 1.54) is 0 Å². The second-order valence-corrected chi connectivity index (χ2v) is 7.60. The maximum atomic E-state index is 5.46. The molecular weight excluding hydrogens is 426 g/mol. The first-order valence-electron chi connectivity index (χ1n) is 8.18. The van der Waals surface area contributed by atoms with Crippen molar-refractivity contribution in [2.75, 3.05) is 19.5 Å². The zero-order chi connectivity index (χ0) is 18.8. The number of thiophene rings is 1. The van der Waals surface area contributed by atoms with Gasteiger partial charge in [0.25, 0.3) is 0 Å². The number of nitrogens with zero attached hydrogens (tertiary/aromatic N) is 2. The molecule has 136 valence electrons. The summed E-state index contributed by atoms with van der Waals surface area (Å²) in [6.07, 6.45) is 0. The Hall–Kier alpha value is -2.64. The van der Waals surface area contributed by atoms with Gasteiger partial charge < -0.3 is 14.8 Å². The smallest absolute Gasteiger partial charge is 0.172 e. The van der Waals surface area contributed by atoms with Crippen molar-refractivity contribution in [1.29, 1.82) is 0 Å². The first-order chi connectivity index (χ1) is 13.2. The van der Waals surface area contributed by atoms with Gasteiger partial charge in [-0.05, 0) is 35.7 Å². The van der Waals surface area contributed by atoms with Gasteiger partial charge in [-0.3, -0.25) is 0 Å². The molecule has 0 aliphatic rings. The van der Waals surface area contributed by atoms with Crippen molar-refractivity contribution in [2.45, 2.75) is 0 Å². The minimum absolute atomic E-state index is 0.634. The Morgan fingerprint density at radius 3 is 2.48 bits per heavy atom. The van der Waals surface area contributed by atoms with Crippen molar-refractivity contribution < 1.29 is 9.47 Å². The highest BCUT2D eigenvalue weighted by atomic mass is 79.9. The summed E-state index contributed by atoms with van der Waals surface area (Å²) >= 11 is 5.11. The van der Waals surface area contributed by atoms with Crippen molar-refractivity contribution in [3.05, 3.63) is 58.4 Å². The van der Waals surface area contributed by atoms with Crippen LogP contribution in [-0.2, 0) is 0 Å². The topological polar surface area (TPSA) is 56.3 Å². The summed E-state index contributed by atoms with van der Waals surface area (Å²) in [7, 11) is 3.23. The third-order valence-corrected chi connectivity index (χ3v) is 5.39. The van der Waals surface area contributed by atoms with E-state index in [2.05, 4.69) is 21.2 Å². The summed E-state index contributed by atoms with van der Waals surface area (Å²) in [6.45, 7) is 0. The molecule has 0 saturated heterocycles. The van der Waals surface area contributed by atoms with E-state index < -0.39 is 0 Å². The number of fused-ring (bicyclic) bond motifs is 1. The van der Waals surface area contributed by atoms with Crippen molar-refractivity contribution in [1.82, 2.24) is 9.97 Å². The predicted molar refractivity (Wildman–Crippen MR) is 113 cm³/mol. The van der Waals surface area contributed by atoms with E-state index in [4.69, 9.17) is 19.4 Å². The molecule has 0 saturated carbocycles. The standard InChI is InChI=1S/C20H16BrN3O2S/c1-25-16-10-14-15(11-17(16)26-2)23-20(18-7-4-8-27-18)24-19(14)22-13-6-3-5-12(21)9-13/h3-11H,1-2H3,(H,22,23,24). The van der Waals surface area contributed by atoms with Crippen molar-refractivity contribution in [3.63, 3.8) is 0 Å². The number of rotatable bonds is 5. The van der Waals surface area contributed by atoms with Gasteiger partial charge in [0.2, 0.25) is 0 Å². The lowest BCUT2D eigenvalue weighted by molar-refractivity contribution is 0.356. The van der Waals surface area contributed by atoms with Crippen molar-refractivity contribution in [3.8, 4) is 22.2 Å². The van der Waals surface area contributed by atoms with Crippen LogP contribution < -0.4 is 14.8 Å². The average Bonchev–Trinajstić information content (AvgIpc) is 3.21. The SMILES string of the molecule is COc1cc2nc(-c3cccs3)nc(Nc3cccc(Br)c3)c2cc1OC. The molecule has 4 aromatic rings. The summed E-state index contributed by atoms with van der Waals surface area (Å²) in [5.41, 5.74) is 1.71. The van der Waals surface area contributed by atoms with Gasteiger partial charge in [-0.2, -0.15) is 0 Å². The summed E-state index contributed by atoms with van der Waals surface area (Å²) in [4.78, 5) is 10.5. The number of hydrogen-bond acceptors (Lipinski definition) is 6. The lowest BCUT2D eigenvalue weighted by Gasteiger charge is -2.14. The fourth-order valence-corrected chi connectivity index (χ4v) is 3.83. The van der Waals surface area contributed by atoms with Gasteiger partial charge in [0.1, 0.15) is 5.82 Å². The molecule has 2 aromatic heterocycles. The van der Waals surface area contributed by atoms with Crippen LogP contribution in [0.2, 0.25) is 0 Å². The molecule has 0 amide bonds. The molecule has 1 N–H and O–H groups in total. The van der Waals surface area contributed by atoms with Gasteiger partial charge in [-0.15, -0.1) is 11.3 Å². The maximum Gasteiger partial charge on any atom is 0.172 e. The first-order valence-corrected chi connectivity index (χ1v) is 9.85. The Morgan fingerprint density at radius 2 is 1.78 bits per heavy atom. The summed E-state index contributed by atoms with van der Waals surface area (Å²) in [6, 6.07) is 15.7. The third-order valence-electron chi connectivity index (χ3n) is 4.03. The van der Waals surface area contributed by atoms with E-state index >= 15 is 0 Å². The zero-order valence-corrected chi connectivity index (χ0v) is 17.1. The molecule has 0 atom stereocenters. The Morgan fingerprint density at radius 1 is 0.963 bits per heavy atom. The largest absolute Gasteiger partial charge is 0.493 e. The molecule has 0 fully saturated rings. The van der Waals surface area contributed by atoms with Gasteiger partial charge in [0.05, 0.1) is 24.6 Å². The molecule has 0 unspecified atom stereocenters. The van der Waals surface area contributed by atoms with E-state index in [1.807, 2.05) is 53.9 Å². The number of anilines is 2. The molecule has 0 radical (unpaired) electrons. The molecule has 27 heavy (non-hydrogen) atoms. The number of aromatic nitrogens is 2. The van der Waals surface area contributed by atoms with Crippen LogP contribution in [0.1, 0.15) is 0 Å². The van der Waals surface area contributed by atoms with Gasteiger partial charge in [0.15, 0.2) is 17.3 Å². The van der Waals surface area contributed by atoms with Crippen LogP contribution in [0.25, 0.3) is 21.6 Å². The fraction of sp³-hybridized carbons (Fsp3) is 0.100. The number of methoxy groups -OCH3 is 2. The highest BCUT2D eigenvalue weighted by molar-refractivity contribution is 9.10. The lowest BCUT2D eigenvalue weighted by Crippen LogP contribution is -2.00. The average molecular weight is 442 g/mol. The molecule has 7 heteroatoms. The van der Waals surface area contributed by atoms with Crippen LogP contribution in [0.5, 0.6) is 11.5 Å². The Balaban J connectivity index is 1.92. The number of benzene rings is 2. The van der Waals surface area contributed by atoms with Gasteiger partial charge in [-0.25, -0.2) is 9.97 Å². The van der Waals surface area contributed by atoms with E-state index in [0.29, 0.717) is 23.1 Å². The van der Waals surface area contributed by atoms with Gasteiger partial charge >= 0.3 is 0 Å². The van der Waals surface area contributed by atoms with E-state index in [9.17, 15) is 0 Å². The van der Waals surface area contributed by atoms with Crippen LogP contribution >= 0.6 is 27.3 Å². The molecule has 0 aliphatic carbocycles. The second-order valence-electron chi connectivity index (χ2n) is 5.73. The fourth-order valence-electron chi connectivity index (χ4n) is 2.77. The highest BCUT2D eigenvalue weighted by Gasteiger charge is 2.15. The van der Waals surface area contributed by atoms with Gasteiger partial charge in [0, 0.05) is 21.6 Å². The summed E-state index contributed by atoms with van der Waals surface area (Å²) < 4.78 is 11.9. The normalized spacial score (nSPS) is 10.8. The number of ether oxygens (including phenoxy) is 2. The number of halogens is 1. The quantitative estimate of drug-likeness (QED) is 0.418. The Labute approximate surface area is 169 Å². The second kappa shape index (κ2) is 7.54. The molecule has 2 aromatic carbocycles. The zero-order valence-electron chi connectivity index (χ0n) is 14.7. The molecule has 2 heterocycles. The summed E-state index contributed by atoms with van der Waals surface area (Å²) in [5, 5.41) is 6.27. The van der Waals surface area contributed by atoms with Crippen LogP contribution in [0.4, 0.5) is 11.5 Å². The van der Waals surface area contributed by atoms with Crippen molar-refractivity contribution >= 4 is 49.7 Å². The molecule has 0 spiro atoms. The Kier molecular flexibility index (Phi) is 4.96. The Bertz CT molecular complexity index is 1100. The molecule has 0 aliphatic heterocycles. The monoisotopic (exact) mass is 441 g/mol. The van der Waals surface area contributed by atoms with E-state index in [1.54, 1.807) is 25.6 Å². The molecular formula is C20H16BrN3O2S. The maximum absolute atomic E-state index is 5.46. The van der Waals surface area contributed by atoms with E-state index in [-0.39, 0.29) is 0 Å². The summed E-state index contributed by atoms with van der Waals surface area (Å²) in [5.74, 6) is 2.65. The van der Waals surface area contributed by atoms with Crippen LogP contribution in [0.3, 0.4) is 0 Å². The van der Waals surface area contributed by atoms with Crippen LogP contribution in [0.15, 0.2) is 58.4 Å². The first kappa shape index (κ1) is 17.8. The minimum Gasteiger partial charge on any atom is -0.493 e. The number of hydrogen-bond donors (Lipinski definition) is 1. The number of nitrogens with one attached hydrogen (secondary N) is 1. The molecule has 0 bridgehead atoms. The lowest BCUT2D eigenvalue weighted by atomic mass is 10.2. The van der Waals surface area contributed by atoms with Crippen molar-refractivity contribution in [2.24, 2.45) is 0 Å². The highest BCUT2D eigenvalue weighted by Crippen LogP contribution is 2.36. The van der Waals surface area contributed by atoms with Crippen LogP contribution in [0, 0.1) is 0 Å². The minimum atomic E-state index is 0.634. The van der Waals surface area contributed by atoms with Gasteiger partial charge in [-0.1, -0.05) is 28.1 Å². The molecule has 5 nitrogen and oxygen atoms in total. The van der Waals surface area contributed by atoms with Crippen LogP contribution in [-0.4, -0.2) is 24.2 Å². The predicted octanol–water partition coefficient (Wildman–Crippen LogP) is 5.88.